The van der Waals surface area contributed by atoms with Crippen molar-refractivity contribution in [1.29, 1.82) is 0 Å². The zero-order chi connectivity index (χ0) is 5.86. The molecule has 0 aliphatic heterocycles. The fraction of sp³-hybridized carbons (Fsp3) is 0.333. The first-order chi connectivity index (χ1) is 3.18. The molecule has 48 valence electrons. The molecule has 0 aromatic carbocycles. The third-order valence-electron chi connectivity index (χ3n) is 0.352. The lowest BCUT2D eigenvalue weighted by Gasteiger charge is -1.94. The second-order valence-electron chi connectivity index (χ2n) is 0.779. The summed E-state index contributed by atoms with van der Waals surface area (Å²) in [5.41, 5.74) is 0. The topological polar surface area (TPSA) is 66.4 Å². The second kappa shape index (κ2) is 4.39. The highest BCUT2D eigenvalue weighted by Gasteiger charge is 1.95. The zero-order valence-corrected chi connectivity index (χ0v) is 4.77. The minimum Gasteiger partial charge on any atom is -1.00 e. The second-order valence-corrected chi connectivity index (χ2v) is 0.779. The van der Waals surface area contributed by atoms with Crippen LogP contribution in [0.1, 0.15) is 0 Å². The molecule has 0 saturated carbocycles. The van der Waals surface area contributed by atoms with Crippen LogP contribution in [-0.2, 0) is 14.3 Å². The molecule has 0 aromatic heterocycles. The van der Waals surface area contributed by atoms with E-state index < -0.39 is 11.9 Å². The lowest BCUT2D eigenvalue weighted by atomic mass is 10.7. The van der Waals surface area contributed by atoms with Gasteiger partial charge in [0, 0.05) is 0 Å². The summed E-state index contributed by atoms with van der Waals surface area (Å²) in [4.78, 5) is 19.0. The molecule has 0 heterocycles. The van der Waals surface area contributed by atoms with E-state index >= 15 is 0 Å². The molecule has 8 heavy (non-hydrogen) atoms. The standard InChI is InChI=1S/C3H4O4.ClH/c1-7-3(6)2(4)5;/h1H3,(H,4,5);1H/p-2. The van der Waals surface area contributed by atoms with Crippen molar-refractivity contribution in [2.45, 2.75) is 0 Å². The van der Waals surface area contributed by atoms with Crippen molar-refractivity contribution in [2.75, 3.05) is 7.11 Å². The van der Waals surface area contributed by atoms with Crippen molar-refractivity contribution >= 4 is 11.9 Å². The van der Waals surface area contributed by atoms with Crippen LogP contribution in [0.5, 0.6) is 0 Å². The van der Waals surface area contributed by atoms with Crippen molar-refractivity contribution in [1.82, 2.24) is 0 Å². The highest BCUT2D eigenvalue weighted by Crippen LogP contribution is 1.64. The van der Waals surface area contributed by atoms with Crippen LogP contribution in [0.25, 0.3) is 0 Å². The molecule has 0 rings (SSSR count). The summed E-state index contributed by atoms with van der Waals surface area (Å²) in [7, 11) is 0.970. The Hall–Kier alpha value is -0.770. The minimum absolute atomic E-state index is 0. The Bertz CT molecular complexity index is 99.5. The van der Waals surface area contributed by atoms with Gasteiger partial charge in [0.2, 0.25) is 0 Å². The average molecular weight is 139 g/mol. The minimum atomic E-state index is -1.82. The van der Waals surface area contributed by atoms with E-state index in [4.69, 9.17) is 0 Å². The van der Waals surface area contributed by atoms with E-state index in [9.17, 15) is 14.7 Å². The Morgan fingerprint density at radius 1 is 1.50 bits per heavy atom. The molecule has 0 N–H and O–H groups in total. The van der Waals surface area contributed by atoms with Crippen molar-refractivity contribution in [3.8, 4) is 0 Å². The lowest BCUT2D eigenvalue weighted by Crippen LogP contribution is -3.00. The number of ether oxygens (including phenoxy) is 1. The molecule has 0 aliphatic rings. The SMILES string of the molecule is COC(=O)C(=O)[O-].[Cl-]. The first-order valence-corrected chi connectivity index (χ1v) is 1.47. The maximum atomic E-state index is 9.63. The van der Waals surface area contributed by atoms with Gasteiger partial charge in [0.05, 0.1) is 7.11 Å². The number of carbonyl (C=O) groups excluding carboxylic acids is 2. The summed E-state index contributed by atoms with van der Waals surface area (Å²) >= 11 is 0. The molecule has 0 radical (unpaired) electrons. The molecule has 5 heteroatoms. The molecular formula is C3H3ClO4-2. The van der Waals surface area contributed by atoms with Crippen molar-refractivity contribution in [3.05, 3.63) is 0 Å². The number of hydrogen-bond acceptors (Lipinski definition) is 4. The Balaban J connectivity index is 0. The number of methoxy groups -OCH3 is 1. The number of rotatable bonds is 0. The summed E-state index contributed by atoms with van der Waals surface area (Å²) in [5.74, 6) is -3.16. The number of halogens is 1. The van der Waals surface area contributed by atoms with Gasteiger partial charge in [-0.3, -0.25) is 0 Å². The Kier molecular flexibility index (Phi) is 5.63. The smallest absolute Gasteiger partial charge is 0.353 e. The quantitative estimate of drug-likeness (QED) is 0.248. The monoisotopic (exact) mass is 138 g/mol. The van der Waals surface area contributed by atoms with Gasteiger partial charge >= 0.3 is 5.97 Å². The van der Waals surface area contributed by atoms with E-state index in [1.54, 1.807) is 0 Å². The number of esters is 1. The van der Waals surface area contributed by atoms with Crippen LogP contribution in [0.4, 0.5) is 0 Å². The fourth-order valence-electron chi connectivity index (χ4n) is 0.0833. The molecule has 0 saturated heterocycles. The van der Waals surface area contributed by atoms with Crippen LogP contribution in [0, 0.1) is 0 Å². The Morgan fingerprint density at radius 2 is 1.88 bits per heavy atom. The van der Waals surface area contributed by atoms with Gasteiger partial charge in [-0.05, 0) is 0 Å². The van der Waals surface area contributed by atoms with Gasteiger partial charge < -0.3 is 27.0 Å². The van der Waals surface area contributed by atoms with Crippen LogP contribution in [0.3, 0.4) is 0 Å². The third-order valence-corrected chi connectivity index (χ3v) is 0.352. The van der Waals surface area contributed by atoms with Gasteiger partial charge in [0.1, 0.15) is 0 Å². The van der Waals surface area contributed by atoms with Crippen molar-refractivity contribution in [3.63, 3.8) is 0 Å². The normalized spacial score (nSPS) is 6.62. The van der Waals surface area contributed by atoms with E-state index in [1.807, 2.05) is 0 Å². The first-order valence-electron chi connectivity index (χ1n) is 1.47. The lowest BCUT2D eigenvalue weighted by molar-refractivity contribution is -0.303. The maximum Gasteiger partial charge on any atom is 0.353 e. The largest absolute Gasteiger partial charge is 1.00 e. The molecule has 0 aliphatic carbocycles. The molecule has 0 spiro atoms. The molecule has 0 bridgehead atoms. The highest BCUT2D eigenvalue weighted by atomic mass is 35.5. The van der Waals surface area contributed by atoms with E-state index in [2.05, 4.69) is 4.74 Å². The molecule has 0 amide bonds. The molecule has 0 atom stereocenters. The van der Waals surface area contributed by atoms with Gasteiger partial charge in [-0.1, -0.05) is 0 Å². The molecule has 0 unspecified atom stereocenters. The van der Waals surface area contributed by atoms with E-state index in [1.165, 1.54) is 0 Å². The molecule has 4 nitrogen and oxygen atoms in total. The summed E-state index contributed by atoms with van der Waals surface area (Å²) in [6, 6.07) is 0. The summed E-state index contributed by atoms with van der Waals surface area (Å²) in [5, 5.41) is 9.34. The van der Waals surface area contributed by atoms with Crippen LogP contribution in [0.15, 0.2) is 0 Å². The fourth-order valence-corrected chi connectivity index (χ4v) is 0.0833. The van der Waals surface area contributed by atoms with Crippen LogP contribution < -0.4 is 17.5 Å². The van der Waals surface area contributed by atoms with Crippen LogP contribution >= 0.6 is 0 Å². The number of carboxylic acid groups (broad SMARTS) is 1. The number of hydrogen-bond donors (Lipinski definition) is 0. The maximum absolute atomic E-state index is 9.63. The summed E-state index contributed by atoms with van der Waals surface area (Å²) in [6.45, 7) is 0. The molecular weight excluding hydrogens is 135 g/mol. The van der Waals surface area contributed by atoms with E-state index in [-0.39, 0.29) is 12.4 Å². The molecule has 0 aromatic rings. The van der Waals surface area contributed by atoms with Gasteiger partial charge in [0.15, 0.2) is 5.97 Å². The van der Waals surface area contributed by atoms with Crippen LogP contribution in [-0.4, -0.2) is 19.0 Å². The number of aliphatic carboxylic acids is 1. The van der Waals surface area contributed by atoms with Crippen molar-refractivity contribution in [2.24, 2.45) is 0 Å². The predicted octanol–water partition coefficient (Wildman–Crippen LogP) is -5.09. The third kappa shape index (κ3) is 3.42. The Morgan fingerprint density at radius 3 is 1.88 bits per heavy atom. The summed E-state index contributed by atoms with van der Waals surface area (Å²) < 4.78 is 3.71. The van der Waals surface area contributed by atoms with Gasteiger partial charge in [-0.15, -0.1) is 0 Å². The number of carboxylic acids is 1. The van der Waals surface area contributed by atoms with Gasteiger partial charge in [0.25, 0.3) is 0 Å². The summed E-state index contributed by atoms with van der Waals surface area (Å²) in [6.07, 6.45) is 0. The predicted molar refractivity (Wildman–Crippen MR) is 17.0 cm³/mol. The van der Waals surface area contributed by atoms with Crippen molar-refractivity contribution < 1.29 is 31.8 Å². The highest BCUT2D eigenvalue weighted by molar-refractivity contribution is 6.27. The average Bonchev–Trinajstić information content (AvgIpc) is 1.65. The van der Waals surface area contributed by atoms with E-state index in [0.29, 0.717) is 0 Å². The van der Waals surface area contributed by atoms with Gasteiger partial charge in [-0.2, -0.15) is 0 Å². The first kappa shape index (κ1) is 10.3. The molecule has 0 fully saturated rings. The van der Waals surface area contributed by atoms with E-state index in [0.717, 1.165) is 7.11 Å². The number of carbonyl (C=O) groups is 2. The van der Waals surface area contributed by atoms with Gasteiger partial charge in [-0.25, -0.2) is 4.79 Å². The zero-order valence-electron chi connectivity index (χ0n) is 4.01. The Labute approximate surface area is 51.9 Å². The van der Waals surface area contributed by atoms with Crippen LogP contribution in [0.2, 0.25) is 0 Å².